The number of amides is 5. The van der Waals surface area contributed by atoms with Crippen LogP contribution in [0.4, 0.5) is 11.4 Å². The number of nitrogens with zero attached hydrogens (tertiary/aromatic N) is 5. The number of fused-ring (bicyclic) bond motifs is 2. The third kappa shape index (κ3) is 5.12. The maximum absolute atomic E-state index is 13.4. The van der Waals surface area contributed by atoms with Gasteiger partial charge in [-0.05, 0) is 81.0 Å². The average molecular weight is 630 g/mol. The van der Waals surface area contributed by atoms with Crippen LogP contribution in [0.15, 0.2) is 42.7 Å². The lowest BCUT2D eigenvalue weighted by molar-refractivity contribution is -0.136. The zero-order valence-electron chi connectivity index (χ0n) is 25.9. The third-order valence-corrected chi connectivity index (χ3v) is 9.46. The Hall–Kier alpha value is -5.75. The van der Waals surface area contributed by atoms with Crippen molar-refractivity contribution in [3.8, 4) is 17.9 Å². The summed E-state index contributed by atoms with van der Waals surface area (Å²) >= 11 is 0. The van der Waals surface area contributed by atoms with Crippen LogP contribution in [0.5, 0.6) is 0 Å². The van der Waals surface area contributed by atoms with Gasteiger partial charge in [0.1, 0.15) is 11.6 Å². The van der Waals surface area contributed by atoms with Crippen LogP contribution in [0.3, 0.4) is 0 Å². The fraction of sp³-hybridized carbons (Fsp3) is 0.343. The highest BCUT2D eigenvalue weighted by Crippen LogP contribution is 2.34. The van der Waals surface area contributed by atoms with Crippen molar-refractivity contribution in [3.63, 3.8) is 0 Å². The van der Waals surface area contributed by atoms with E-state index in [0.29, 0.717) is 24.2 Å². The van der Waals surface area contributed by atoms with E-state index >= 15 is 0 Å². The van der Waals surface area contributed by atoms with E-state index in [1.165, 1.54) is 0 Å². The molecule has 3 aliphatic heterocycles. The maximum Gasteiger partial charge on any atom is 0.262 e. The number of nitriles is 1. The van der Waals surface area contributed by atoms with Gasteiger partial charge in [0.25, 0.3) is 17.7 Å². The molecule has 1 atom stereocenters. The first-order valence-electron chi connectivity index (χ1n) is 15.6. The Balaban J connectivity index is 0.978. The van der Waals surface area contributed by atoms with Crippen LogP contribution in [0, 0.1) is 29.1 Å². The first-order valence-corrected chi connectivity index (χ1v) is 15.6. The molecule has 47 heavy (non-hydrogen) atoms. The van der Waals surface area contributed by atoms with Gasteiger partial charge < -0.3 is 10.2 Å². The molecule has 3 aromatic rings. The van der Waals surface area contributed by atoms with E-state index in [1.807, 2.05) is 0 Å². The molecule has 0 radical (unpaired) electrons. The van der Waals surface area contributed by atoms with Crippen LogP contribution in [0.1, 0.15) is 76.1 Å². The van der Waals surface area contributed by atoms with Crippen LogP contribution >= 0.6 is 0 Å². The van der Waals surface area contributed by atoms with Crippen molar-refractivity contribution in [1.82, 2.24) is 20.0 Å². The lowest BCUT2D eigenvalue weighted by Gasteiger charge is -2.38. The summed E-state index contributed by atoms with van der Waals surface area (Å²) in [6, 6.07) is 9.87. The summed E-state index contributed by atoms with van der Waals surface area (Å²) in [5, 5.41) is 19.1. The average Bonchev–Trinajstić information content (AvgIpc) is 3.77. The molecule has 0 saturated carbocycles. The topological polar surface area (TPSA) is 158 Å². The molecule has 4 heterocycles. The molecule has 2 N–H and O–H groups in total. The highest BCUT2D eigenvalue weighted by Gasteiger charge is 2.45. The predicted molar refractivity (Wildman–Crippen MR) is 169 cm³/mol. The largest absolute Gasteiger partial charge is 0.369 e. The van der Waals surface area contributed by atoms with Crippen molar-refractivity contribution < 1.29 is 24.0 Å². The van der Waals surface area contributed by atoms with E-state index in [1.54, 1.807) is 61.3 Å². The molecule has 2 fully saturated rings. The minimum absolute atomic E-state index is 0.0682. The molecule has 4 aliphatic rings. The molecule has 12 heteroatoms. The monoisotopic (exact) mass is 629 g/mol. The van der Waals surface area contributed by atoms with Crippen molar-refractivity contribution in [3.05, 3.63) is 76.1 Å². The molecular weight excluding hydrogens is 598 g/mol. The summed E-state index contributed by atoms with van der Waals surface area (Å²) in [4.78, 5) is 66.4. The van der Waals surface area contributed by atoms with Gasteiger partial charge in [0.05, 0.1) is 40.4 Å². The van der Waals surface area contributed by atoms with Crippen molar-refractivity contribution in [2.75, 3.05) is 23.3 Å². The van der Waals surface area contributed by atoms with E-state index in [4.69, 9.17) is 0 Å². The van der Waals surface area contributed by atoms with Gasteiger partial charge in [-0.2, -0.15) is 10.4 Å². The Morgan fingerprint density at radius 2 is 1.79 bits per heavy atom. The van der Waals surface area contributed by atoms with Crippen LogP contribution in [0.2, 0.25) is 0 Å². The van der Waals surface area contributed by atoms with Crippen LogP contribution in [-0.2, 0) is 32.8 Å². The SMILES string of the molecule is CC(C)(C(=O)Nc1ccc(C#N)c2c1CCC2)n1cc(C#CC2CN(c3ccc4c(c3)C(=O)N(C3CCC(=O)NC3=O)C4=O)C2)cn1. The fourth-order valence-electron chi connectivity index (χ4n) is 6.62. The molecule has 2 aromatic carbocycles. The van der Waals surface area contributed by atoms with E-state index < -0.39 is 35.2 Å². The Labute approximate surface area is 270 Å². The van der Waals surface area contributed by atoms with Crippen molar-refractivity contribution in [2.45, 2.75) is 57.5 Å². The molecule has 0 spiro atoms. The lowest BCUT2D eigenvalue weighted by atomic mass is 9.98. The zero-order chi connectivity index (χ0) is 33.0. The van der Waals surface area contributed by atoms with Crippen molar-refractivity contribution in [1.29, 1.82) is 5.26 Å². The van der Waals surface area contributed by atoms with E-state index in [-0.39, 0.29) is 35.8 Å². The van der Waals surface area contributed by atoms with Crippen molar-refractivity contribution >= 4 is 40.9 Å². The quantitative estimate of drug-likeness (QED) is 0.322. The molecule has 5 amide bonds. The Bertz CT molecular complexity index is 2000. The van der Waals surface area contributed by atoms with Gasteiger partial charge in [-0.15, -0.1) is 0 Å². The molecule has 1 unspecified atom stereocenters. The zero-order valence-corrected chi connectivity index (χ0v) is 25.9. The molecule has 12 nitrogen and oxygen atoms in total. The van der Waals surface area contributed by atoms with Gasteiger partial charge in [-0.1, -0.05) is 11.8 Å². The number of imide groups is 2. The minimum atomic E-state index is -1.00. The maximum atomic E-state index is 13.4. The Kier molecular flexibility index (Phi) is 7.16. The van der Waals surface area contributed by atoms with E-state index in [2.05, 4.69) is 38.5 Å². The van der Waals surface area contributed by atoms with Gasteiger partial charge in [0.2, 0.25) is 11.8 Å². The number of benzene rings is 2. The van der Waals surface area contributed by atoms with Gasteiger partial charge in [-0.3, -0.25) is 38.9 Å². The predicted octanol–water partition coefficient (Wildman–Crippen LogP) is 2.51. The second-order valence-corrected chi connectivity index (χ2v) is 12.8. The standard InChI is InChI=1S/C35H31N7O5/c1-35(2,34(47)38-28-11-8-22(15-36)24-4-3-5-25(24)28)41-19-20(16-37-41)6-7-21-17-40(18-21)23-9-10-26-27(14-23)33(46)42(32(26)45)29-12-13-30(43)39-31(29)44/h8-11,14,16,19,21,29H,3-5,12-13,17-18H2,1-2H3,(H,38,47)(H,39,43,44). The fourth-order valence-corrected chi connectivity index (χ4v) is 6.62. The molecule has 0 bridgehead atoms. The second kappa shape index (κ2) is 11.2. The summed E-state index contributed by atoms with van der Waals surface area (Å²) < 4.78 is 1.60. The van der Waals surface area contributed by atoms with Gasteiger partial charge in [0.15, 0.2) is 0 Å². The first-order chi connectivity index (χ1) is 22.5. The molecule has 1 aliphatic carbocycles. The van der Waals surface area contributed by atoms with Crippen LogP contribution in [-0.4, -0.2) is 63.3 Å². The number of hydrogen-bond donors (Lipinski definition) is 2. The summed E-state index contributed by atoms with van der Waals surface area (Å²) in [5.74, 6) is 4.16. The van der Waals surface area contributed by atoms with Gasteiger partial charge in [-0.25, -0.2) is 0 Å². The minimum Gasteiger partial charge on any atom is -0.369 e. The number of carbonyl (C=O) groups is 5. The molecule has 2 saturated heterocycles. The summed E-state index contributed by atoms with van der Waals surface area (Å²) in [7, 11) is 0. The number of rotatable bonds is 5. The van der Waals surface area contributed by atoms with Crippen LogP contribution < -0.4 is 15.5 Å². The first kappa shape index (κ1) is 29.9. The normalized spacial score (nSPS) is 19.0. The van der Waals surface area contributed by atoms with Gasteiger partial charge in [0, 0.05) is 37.1 Å². The number of carbonyl (C=O) groups excluding carboxylic acids is 5. The molecular formula is C35H31N7O5. The highest BCUT2D eigenvalue weighted by atomic mass is 16.2. The van der Waals surface area contributed by atoms with Gasteiger partial charge >= 0.3 is 0 Å². The number of anilines is 2. The Morgan fingerprint density at radius 3 is 2.55 bits per heavy atom. The highest BCUT2D eigenvalue weighted by molar-refractivity contribution is 6.23. The number of hydrogen-bond acceptors (Lipinski definition) is 8. The number of nitrogens with one attached hydrogen (secondary N) is 2. The van der Waals surface area contributed by atoms with E-state index in [9.17, 15) is 29.2 Å². The number of piperidine rings is 1. The summed E-state index contributed by atoms with van der Waals surface area (Å²) in [5.41, 5.74) is 4.41. The smallest absolute Gasteiger partial charge is 0.262 e. The molecule has 236 valence electrons. The lowest BCUT2D eigenvalue weighted by Crippen LogP contribution is -2.54. The van der Waals surface area contributed by atoms with E-state index in [0.717, 1.165) is 46.7 Å². The number of aromatic nitrogens is 2. The molecule has 1 aromatic heterocycles. The summed E-state index contributed by atoms with van der Waals surface area (Å²) in [6.45, 7) is 4.84. The van der Waals surface area contributed by atoms with Crippen molar-refractivity contribution in [2.24, 2.45) is 5.92 Å². The molecule has 7 rings (SSSR count). The second-order valence-electron chi connectivity index (χ2n) is 12.8. The summed E-state index contributed by atoms with van der Waals surface area (Å²) in [6.07, 6.45) is 6.19. The Morgan fingerprint density at radius 1 is 1.02 bits per heavy atom. The van der Waals surface area contributed by atoms with Crippen LogP contribution in [0.25, 0.3) is 0 Å². The third-order valence-electron chi connectivity index (χ3n) is 9.46.